The van der Waals surface area contributed by atoms with Crippen LogP contribution in [0, 0.1) is 21.4 Å². The number of nitriles is 1. The second-order valence-electron chi connectivity index (χ2n) is 2.58. The number of benzene rings is 1. The van der Waals surface area contributed by atoms with Gasteiger partial charge < -0.3 is 0 Å². The van der Waals surface area contributed by atoms with Gasteiger partial charge in [0.2, 0.25) is 0 Å². The number of hydrogen-bond donors (Lipinski definition) is 0. The summed E-state index contributed by atoms with van der Waals surface area (Å²) in [5.41, 5.74) is -1.32. The van der Waals surface area contributed by atoms with Gasteiger partial charge in [0.05, 0.1) is 10.5 Å². The molecule has 1 aromatic carbocycles. The number of hydrogen-bond acceptors (Lipinski definition) is 5. The largest absolute Gasteiger partial charge is 0.309 e. The normalized spacial score (nSPS) is 10.8. The molecule has 1 rings (SSSR count). The van der Waals surface area contributed by atoms with Gasteiger partial charge in [0.1, 0.15) is 11.1 Å². The van der Waals surface area contributed by atoms with Gasteiger partial charge in [0, 0.05) is 10.7 Å². The van der Waals surface area contributed by atoms with E-state index in [1.807, 2.05) is 0 Å². The quantitative estimate of drug-likeness (QED) is 0.469. The van der Waals surface area contributed by atoms with Crippen LogP contribution in [0.4, 0.5) is 5.69 Å². The lowest BCUT2D eigenvalue weighted by molar-refractivity contribution is -0.387. The van der Waals surface area contributed by atoms with E-state index in [-0.39, 0.29) is 0 Å². The summed E-state index contributed by atoms with van der Waals surface area (Å²) in [6.45, 7) is 0. The summed E-state index contributed by atoms with van der Waals surface area (Å²) in [7, 11) is 0.602. The van der Waals surface area contributed by atoms with Crippen LogP contribution in [0.1, 0.15) is 5.56 Å². The Morgan fingerprint density at radius 3 is 2.38 bits per heavy atom. The fourth-order valence-corrected chi connectivity index (χ4v) is 2.60. The molecule has 0 heterocycles. The van der Waals surface area contributed by atoms with Crippen molar-refractivity contribution in [1.82, 2.24) is 0 Å². The van der Waals surface area contributed by atoms with Crippen molar-refractivity contribution >= 4 is 37.0 Å². The minimum absolute atomic E-state index is 0.400. The van der Waals surface area contributed by atoms with E-state index in [9.17, 15) is 18.5 Å². The highest BCUT2D eigenvalue weighted by molar-refractivity contribution is 8.14. The van der Waals surface area contributed by atoms with Gasteiger partial charge in [-0.2, -0.15) is 5.26 Å². The van der Waals surface area contributed by atoms with Gasteiger partial charge in [-0.3, -0.25) is 10.1 Å². The van der Waals surface area contributed by atoms with E-state index < -0.39 is 35.1 Å². The second kappa shape index (κ2) is 4.25. The second-order valence-corrected chi connectivity index (χ2v) is 5.49. The molecule has 0 spiro atoms. The first kappa shape index (κ1) is 12.7. The van der Waals surface area contributed by atoms with Crippen LogP contribution in [0.3, 0.4) is 0 Å². The van der Waals surface area contributed by atoms with Crippen LogP contribution in [-0.4, -0.2) is 13.3 Å². The molecule has 0 fully saturated rings. The lowest BCUT2D eigenvalue weighted by Crippen LogP contribution is -2.02. The Labute approximate surface area is 99.6 Å². The molecule has 0 radical (unpaired) electrons. The van der Waals surface area contributed by atoms with Crippen LogP contribution >= 0.6 is 22.3 Å². The molecule has 0 aliphatic rings. The van der Waals surface area contributed by atoms with Crippen LogP contribution in [0.5, 0.6) is 0 Å². The maximum Gasteiger partial charge on any atom is 0.309 e. The average molecular weight is 281 g/mol. The van der Waals surface area contributed by atoms with Gasteiger partial charge in [-0.05, 0) is 12.1 Å². The smallest absolute Gasteiger partial charge is 0.258 e. The Balaban J connectivity index is 3.86. The standard InChI is InChI=1S/C7H2Cl2N2O4S/c8-5-2-1-4(3-10)7(16(9,14)15)6(5)11(12)13/h1-2H. The number of nitro benzene ring substituents is 1. The summed E-state index contributed by atoms with van der Waals surface area (Å²) in [6, 6.07) is 3.60. The summed E-state index contributed by atoms with van der Waals surface area (Å²) in [4.78, 5) is 8.76. The fourth-order valence-electron chi connectivity index (χ4n) is 1.05. The molecule has 0 atom stereocenters. The summed E-state index contributed by atoms with van der Waals surface area (Å²) < 4.78 is 22.3. The van der Waals surface area contributed by atoms with Crippen LogP contribution in [0.25, 0.3) is 0 Å². The van der Waals surface area contributed by atoms with Crippen LogP contribution in [-0.2, 0) is 9.05 Å². The van der Waals surface area contributed by atoms with E-state index in [0.717, 1.165) is 12.1 Å². The third-order valence-electron chi connectivity index (χ3n) is 1.63. The molecule has 0 amide bonds. The molecule has 9 heteroatoms. The van der Waals surface area contributed by atoms with Gasteiger partial charge in [-0.25, -0.2) is 8.42 Å². The minimum Gasteiger partial charge on any atom is -0.258 e. The van der Waals surface area contributed by atoms with Gasteiger partial charge in [-0.15, -0.1) is 0 Å². The third kappa shape index (κ3) is 2.24. The van der Waals surface area contributed by atoms with Crippen molar-refractivity contribution in [2.24, 2.45) is 0 Å². The number of halogens is 2. The first-order chi connectivity index (χ1) is 7.29. The molecular formula is C7H2Cl2N2O4S. The lowest BCUT2D eigenvalue weighted by atomic mass is 10.2. The van der Waals surface area contributed by atoms with E-state index in [4.69, 9.17) is 27.5 Å². The number of nitrogens with zero attached hydrogens (tertiary/aromatic N) is 2. The SMILES string of the molecule is N#Cc1ccc(Cl)c([N+](=O)[O-])c1S(=O)(=O)Cl. The number of rotatable bonds is 2. The Hall–Kier alpha value is -1.36. The molecule has 0 unspecified atom stereocenters. The van der Waals surface area contributed by atoms with Crippen molar-refractivity contribution in [3.63, 3.8) is 0 Å². The summed E-state index contributed by atoms with van der Waals surface area (Å²) in [5.74, 6) is 0. The summed E-state index contributed by atoms with van der Waals surface area (Å²) >= 11 is 5.49. The van der Waals surface area contributed by atoms with Crippen molar-refractivity contribution in [2.75, 3.05) is 0 Å². The third-order valence-corrected chi connectivity index (χ3v) is 3.30. The predicted molar refractivity (Wildman–Crippen MR) is 55.9 cm³/mol. The van der Waals surface area contributed by atoms with Crippen molar-refractivity contribution < 1.29 is 13.3 Å². The van der Waals surface area contributed by atoms with E-state index >= 15 is 0 Å². The molecule has 0 aliphatic heterocycles. The fraction of sp³-hybridized carbons (Fsp3) is 0. The lowest BCUT2D eigenvalue weighted by Gasteiger charge is -2.02. The Bertz CT molecular complexity index is 606. The molecule has 0 aromatic heterocycles. The molecule has 0 saturated heterocycles. The van der Waals surface area contributed by atoms with E-state index in [1.54, 1.807) is 0 Å². The average Bonchev–Trinajstić information content (AvgIpc) is 2.15. The monoisotopic (exact) mass is 280 g/mol. The highest BCUT2D eigenvalue weighted by Crippen LogP contribution is 2.35. The van der Waals surface area contributed by atoms with Gasteiger partial charge >= 0.3 is 5.69 Å². The van der Waals surface area contributed by atoms with Crippen LogP contribution in [0.15, 0.2) is 17.0 Å². The maximum atomic E-state index is 11.1. The molecule has 0 N–H and O–H groups in total. The topological polar surface area (TPSA) is 101 Å². The molecule has 1 aromatic rings. The molecule has 0 saturated carbocycles. The number of nitro groups is 1. The van der Waals surface area contributed by atoms with Gasteiger partial charge in [0.25, 0.3) is 9.05 Å². The van der Waals surface area contributed by atoms with Crippen molar-refractivity contribution in [3.8, 4) is 6.07 Å². The molecule has 0 bridgehead atoms. The van der Waals surface area contributed by atoms with Crippen molar-refractivity contribution in [1.29, 1.82) is 5.26 Å². The zero-order valence-corrected chi connectivity index (χ0v) is 9.67. The first-order valence-corrected chi connectivity index (χ1v) is 6.29. The van der Waals surface area contributed by atoms with E-state index in [2.05, 4.69) is 0 Å². The molecular weight excluding hydrogens is 279 g/mol. The molecule has 0 aliphatic carbocycles. The maximum absolute atomic E-state index is 11.1. The summed E-state index contributed by atoms with van der Waals surface area (Å²) in [6.07, 6.45) is 0. The zero-order chi connectivity index (χ0) is 12.5. The zero-order valence-electron chi connectivity index (χ0n) is 7.35. The minimum atomic E-state index is -4.42. The summed E-state index contributed by atoms with van der Waals surface area (Å²) in [5, 5.41) is 18.9. The van der Waals surface area contributed by atoms with E-state index in [1.165, 1.54) is 6.07 Å². The van der Waals surface area contributed by atoms with Gasteiger partial charge in [0.15, 0.2) is 4.90 Å². The van der Waals surface area contributed by atoms with Crippen LogP contribution < -0.4 is 0 Å². The van der Waals surface area contributed by atoms with Crippen LogP contribution in [0.2, 0.25) is 5.02 Å². The first-order valence-electron chi connectivity index (χ1n) is 3.60. The molecule has 6 nitrogen and oxygen atoms in total. The van der Waals surface area contributed by atoms with E-state index in [0.29, 0.717) is 0 Å². The van der Waals surface area contributed by atoms with Crippen molar-refractivity contribution in [3.05, 3.63) is 32.8 Å². The molecule has 16 heavy (non-hydrogen) atoms. The van der Waals surface area contributed by atoms with Gasteiger partial charge in [-0.1, -0.05) is 11.6 Å². The highest BCUT2D eigenvalue weighted by atomic mass is 35.7. The predicted octanol–water partition coefficient (Wildman–Crippen LogP) is 2.05. The Morgan fingerprint density at radius 2 is 2.00 bits per heavy atom. The Morgan fingerprint density at radius 1 is 1.44 bits per heavy atom. The van der Waals surface area contributed by atoms with Crippen molar-refractivity contribution in [2.45, 2.75) is 4.90 Å². The molecule has 84 valence electrons. The Kier molecular flexibility index (Phi) is 3.38. The highest BCUT2D eigenvalue weighted by Gasteiger charge is 2.31.